The smallest absolute Gasteiger partial charge is 0.267 e. The average Bonchev–Trinajstić information content (AvgIpc) is 2.66. The first-order chi connectivity index (χ1) is 12.8. The number of benzene rings is 2. The van der Waals surface area contributed by atoms with Gasteiger partial charge in [-0.1, -0.05) is 30.3 Å². The molecular weight excluding hydrogens is 361 g/mol. The minimum Gasteiger partial charge on any atom is -0.267 e. The van der Waals surface area contributed by atoms with E-state index in [1.54, 1.807) is 24.3 Å². The molecule has 3 rings (SSSR count). The van der Waals surface area contributed by atoms with Crippen LogP contribution in [0.3, 0.4) is 0 Å². The standard InChI is InChI=1S/C18H13F3N4O2/c1-10(11-5-4-6-12(9-11)18(19,20)21)22-25-17(27)15-13-7-2-3-8-14(13)16(26)24-23-15/h2-9H,1H3,(H,24,26)(H,25,27)/b22-10+. The summed E-state index contributed by atoms with van der Waals surface area (Å²) in [5, 5.41) is 10.4. The Bertz CT molecular complexity index is 1100. The summed E-state index contributed by atoms with van der Waals surface area (Å²) in [4.78, 5) is 24.1. The van der Waals surface area contributed by atoms with Crippen LogP contribution >= 0.6 is 0 Å². The van der Waals surface area contributed by atoms with Gasteiger partial charge in [-0.2, -0.15) is 23.4 Å². The molecule has 1 amide bonds. The second-order valence-corrected chi connectivity index (χ2v) is 5.66. The molecule has 0 aliphatic heterocycles. The van der Waals surface area contributed by atoms with Crippen molar-refractivity contribution >= 4 is 22.4 Å². The molecule has 1 aromatic heterocycles. The highest BCUT2D eigenvalue weighted by atomic mass is 19.4. The van der Waals surface area contributed by atoms with Crippen molar-refractivity contribution in [3.63, 3.8) is 0 Å². The highest BCUT2D eigenvalue weighted by Gasteiger charge is 2.30. The van der Waals surface area contributed by atoms with Crippen LogP contribution in [0.15, 0.2) is 58.4 Å². The highest BCUT2D eigenvalue weighted by molar-refractivity contribution is 6.06. The largest absolute Gasteiger partial charge is 0.416 e. The molecule has 2 aromatic carbocycles. The summed E-state index contributed by atoms with van der Waals surface area (Å²) in [6.07, 6.45) is -4.47. The minimum absolute atomic E-state index is 0.0502. The van der Waals surface area contributed by atoms with Gasteiger partial charge in [0.25, 0.3) is 11.5 Å². The number of halogens is 3. The molecule has 0 radical (unpaired) electrons. The van der Waals surface area contributed by atoms with Crippen molar-refractivity contribution in [1.29, 1.82) is 0 Å². The van der Waals surface area contributed by atoms with E-state index in [0.717, 1.165) is 12.1 Å². The van der Waals surface area contributed by atoms with Crippen LogP contribution in [0.2, 0.25) is 0 Å². The van der Waals surface area contributed by atoms with Gasteiger partial charge in [-0.15, -0.1) is 0 Å². The van der Waals surface area contributed by atoms with Crippen molar-refractivity contribution in [3.05, 3.63) is 75.7 Å². The van der Waals surface area contributed by atoms with Crippen LogP contribution in [0, 0.1) is 0 Å². The Labute approximate surface area is 150 Å². The van der Waals surface area contributed by atoms with Crippen LogP contribution in [0.25, 0.3) is 10.8 Å². The monoisotopic (exact) mass is 374 g/mol. The van der Waals surface area contributed by atoms with Gasteiger partial charge in [-0.25, -0.2) is 10.5 Å². The number of aromatic nitrogens is 2. The third-order valence-corrected chi connectivity index (χ3v) is 3.84. The van der Waals surface area contributed by atoms with E-state index in [9.17, 15) is 22.8 Å². The second kappa shape index (κ2) is 7.02. The van der Waals surface area contributed by atoms with Crippen molar-refractivity contribution in [3.8, 4) is 0 Å². The highest BCUT2D eigenvalue weighted by Crippen LogP contribution is 2.29. The summed E-state index contributed by atoms with van der Waals surface area (Å²) >= 11 is 0. The maximum absolute atomic E-state index is 12.8. The number of H-pyrrole nitrogens is 1. The number of rotatable bonds is 3. The van der Waals surface area contributed by atoms with E-state index in [1.165, 1.54) is 19.1 Å². The van der Waals surface area contributed by atoms with Gasteiger partial charge in [0.1, 0.15) is 0 Å². The summed E-state index contributed by atoms with van der Waals surface area (Å²) in [7, 11) is 0. The lowest BCUT2D eigenvalue weighted by atomic mass is 10.1. The second-order valence-electron chi connectivity index (χ2n) is 5.66. The Kier molecular flexibility index (Phi) is 4.76. The maximum Gasteiger partial charge on any atom is 0.416 e. The molecule has 0 saturated carbocycles. The molecule has 0 bridgehead atoms. The van der Waals surface area contributed by atoms with Crippen LogP contribution in [0.5, 0.6) is 0 Å². The van der Waals surface area contributed by atoms with E-state index in [0.29, 0.717) is 5.39 Å². The molecule has 0 fully saturated rings. The van der Waals surface area contributed by atoms with Crippen LogP contribution in [0.4, 0.5) is 13.2 Å². The van der Waals surface area contributed by atoms with Crippen LogP contribution < -0.4 is 11.0 Å². The first-order valence-corrected chi connectivity index (χ1v) is 7.77. The summed E-state index contributed by atoms with van der Waals surface area (Å²) in [6.45, 7) is 1.47. The van der Waals surface area contributed by atoms with Crippen molar-refractivity contribution in [1.82, 2.24) is 15.6 Å². The van der Waals surface area contributed by atoms with Crippen LogP contribution in [-0.4, -0.2) is 21.8 Å². The van der Waals surface area contributed by atoms with E-state index in [1.807, 2.05) is 0 Å². The number of aromatic amines is 1. The molecule has 0 saturated heterocycles. The van der Waals surface area contributed by atoms with Gasteiger partial charge in [-0.05, 0) is 30.7 Å². The molecule has 3 aromatic rings. The van der Waals surface area contributed by atoms with Crippen LogP contribution in [-0.2, 0) is 6.18 Å². The van der Waals surface area contributed by atoms with E-state index in [2.05, 4.69) is 20.7 Å². The minimum atomic E-state index is -4.47. The molecule has 0 atom stereocenters. The van der Waals surface area contributed by atoms with E-state index in [-0.39, 0.29) is 22.4 Å². The van der Waals surface area contributed by atoms with E-state index >= 15 is 0 Å². The quantitative estimate of drug-likeness (QED) is 0.546. The lowest BCUT2D eigenvalue weighted by Gasteiger charge is -2.09. The Balaban J connectivity index is 1.87. The van der Waals surface area contributed by atoms with Gasteiger partial charge in [0.05, 0.1) is 16.7 Å². The van der Waals surface area contributed by atoms with Gasteiger partial charge in [0.2, 0.25) is 0 Å². The van der Waals surface area contributed by atoms with Gasteiger partial charge >= 0.3 is 6.18 Å². The zero-order valence-corrected chi connectivity index (χ0v) is 14.0. The lowest BCUT2D eigenvalue weighted by molar-refractivity contribution is -0.137. The first-order valence-electron chi connectivity index (χ1n) is 7.77. The number of alkyl halides is 3. The summed E-state index contributed by atoms with van der Waals surface area (Å²) in [5.41, 5.74) is 1.35. The molecule has 6 nitrogen and oxygen atoms in total. The molecule has 2 N–H and O–H groups in total. The Morgan fingerprint density at radius 2 is 1.81 bits per heavy atom. The van der Waals surface area contributed by atoms with Crippen molar-refractivity contribution in [2.24, 2.45) is 5.10 Å². The molecule has 1 heterocycles. The first kappa shape index (κ1) is 18.3. The van der Waals surface area contributed by atoms with Crippen molar-refractivity contribution in [2.45, 2.75) is 13.1 Å². The normalized spacial score (nSPS) is 12.2. The SMILES string of the molecule is C/C(=N\NC(=O)c1n[nH]c(=O)c2ccccc12)c1cccc(C(F)(F)F)c1. The fourth-order valence-electron chi connectivity index (χ4n) is 2.46. The number of hydrazone groups is 1. The molecule has 0 spiro atoms. The van der Waals surface area contributed by atoms with Crippen molar-refractivity contribution in [2.75, 3.05) is 0 Å². The lowest BCUT2D eigenvalue weighted by Crippen LogP contribution is -2.23. The molecule has 9 heteroatoms. The number of carbonyl (C=O) groups is 1. The number of nitrogens with one attached hydrogen (secondary N) is 2. The van der Waals surface area contributed by atoms with E-state index < -0.39 is 23.2 Å². The third kappa shape index (κ3) is 3.86. The average molecular weight is 374 g/mol. The fourth-order valence-corrected chi connectivity index (χ4v) is 2.46. The number of nitrogens with zero attached hydrogens (tertiary/aromatic N) is 2. The van der Waals surface area contributed by atoms with Gasteiger partial charge in [-0.3, -0.25) is 9.59 Å². The predicted octanol–water partition coefficient (Wildman–Crippen LogP) is 3.10. The van der Waals surface area contributed by atoms with Gasteiger partial charge < -0.3 is 0 Å². The topological polar surface area (TPSA) is 87.2 Å². The summed E-state index contributed by atoms with van der Waals surface area (Å²) < 4.78 is 38.4. The molecule has 0 aliphatic carbocycles. The number of amides is 1. The molecule has 0 unspecified atom stereocenters. The number of hydrogen-bond donors (Lipinski definition) is 2. The molecule has 27 heavy (non-hydrogen) atoms. The zero-order valence-electron chi connectivity index (χ0n) is 14.0. The zero-order chi connectivity index (χ0) is 19.6. The number of carbonyl (C=O) groups excluding carboxylic acids is 1. The Morgan fingerprint density at radius 1 is 1.11 bits per heavy atom. The Morgan fingerprint density at radius 3 is 2.52 bits per heavy atom. The maximum atomic E-state index is 12.8. The Hall–Kier alpha value is -3.49. The van der Waals surface area contributed by atoms with Gasteiger partial charge in [0.15, 0.2) is 5.69 Å². The molecule has 138 valence electrons. The molecular formula is C18H13F3N4O2. The summed E-state index contributed by atoms with van der Waals surface area (Å²) in [6, 6.07) is 11.0. The van der Waals surface area contributed by atoms with Crippen molar-refractivity contribution < 1.29 is 18.0 Å². The van der Waals surface area contributed by atoms with E-state index in [4.69, 9.17) is 0 Å². The predicted molar refractivity (Wildman–Crippen MR) is 93.5 cm³/mol. The van der Waals surface area contributed by atoms with Crippen LogP contribution in [0.1, 0.15) is 28.5 Å². The fraction of sp³-hybridized carbons (Fsp3) is 0.111. The third-order valence-electron chi connectivity index (χ3n) is 3.84. The molecule has 0 aliphatic rings. The van der Waals surface area contributed by atoms with Gasteiger partial charge in [0, 0.05) is 5.39 Å². The summed E-state index contributed by atoms with van der Waals surface area (Å²) in [5.74, 6) is -0.700. The number of hydrogen-bond acceptors (Lipinski definition) is 4. The number of fused-ring (bicyclic) bond motifs is 1.